The molecule has 6 aromatic heterocycles. The molecule has 0 saturated heterocycles. The number of anilines is 1. The third kappa shape index (κ3) is 3.68. The molecule has 6 aromatic rings. The van der Waals surface area contributed by atoms with E-state index in [2.05, 4.69) is 40.4 Å². The van der Waals surface area contributed by atoms with Crippen molar-refractivity contribution < 1.29 is 4.79 Å². The van der Waals surface area contributed by atoms with Crippen LogP contribution in [-0.2, 0) is 4.79 Å². The van der Waals surface area contributed by atoms with Gasteiger partial charge in [-0.3, -0.25) is 19.4 Å². The molecule has 0 unspecified atom stereocenters. The molecule has 0 aliphatic carbocycles. The standard InChI is InChI=1S/C24H20N10O/c1-3-19(35)29-16-6-14(8-25-10-16)15-7-17-20(32-33-22(17)27-9-15)23-30-18-4-5-26-24(21(18)31-23)34-11-13(2)28-12-34/h4-12H,3H2,1-2H3,(H,29,35)(H,30,31)(H,27,32,33). The van der Waals surface area contributed by atoms with Gasteiger partial charge in [0.15, 0.2) is 17.3 Å². The monoisotopic (exact) mass is 464 g/mol. The lowest BCUT2D eigenvalue weighted by molar-refractivity contribution is -0.115. The summed E-state index contributed by atoms with van der Waals surface area (Å²) < 4.78 is 1.85. The van der Waals surface area contributed by atoms with Crippen LogP contribution in [0.25, 0.3) is 50.5 Å². The van der Waals surface area contributed by atoms with Gasteiger partial charge in [0.1, 0.15) is 17.5 Å². The zero-order valence-corrected chi connectivity index (χ0v) is 18.9. The number of nitrogens with one attached hydrogen (secondary N) is 3. The van der Waals surface area contributed by atoms with E-state index in [1.807, 2.05) is 35.9 Å². The Morgan fingerprint density at radius 2 is 2.00 bits per heavy atom. The Balaban J connectivity index is 1.43. The van der Waals surface area contributed by atoms with Crippen LogP contribution in [-0.4, -0.2) is 50.6 Å². The van der Waals surface area contributed by atoms with Crippen LogP contribution >= 0.6 is 0 Å². The molecule has 0 saturated carbocycles. The fraction of sp³-hybridized carbons (Fsp3) is 0.125. The number of aryl methyl sites for hydroxylation is 1. The first-order valence-corrected chi connectivity index (χ1v) is 11.0. The number of imidazole rings is 2. The normalized spacial score (nSPS) is 11.4. The van der Waals surface area contributed by atoms with E-state index in [0.29, 0.717) is 35.1 Å². The lowest BCUT2D eigenvalue weighted by Crippen LogP contribution is -2.09. The number of hydrogen-bond donors (Lipinski definition) is 3. The molecule has 11 nitrogen and oxygen atoms in total. The molecule has 6 rings (SSSR count). The quantitative estimate of drug-likeness (QED) is 0.352. The minimum atomic E-state index is -0.0701. The van der Waals surface area contributed by atoms with Crippen molar-refractivity contribution in [1.82, 2.24) is 44.7 Å². The van der Waals surface area contributed by atoms with E-state index in [4.69, 9.17) is 4.98 Å². The van der Waals surface area contributed by atoms with Crippen molar-refractivity contribution in [3.05, 3.63) is 61.2 Å². The first-order valence-electron chi connectivity index (χ1n) is 11.0. The van der Waals surface area contributed by atoms with Gasteiger partial charge in [-0.05, 0) is 25.1 Å². The summed E-state index contributed by atoms with van der Waals surface area (Å²) in [4.78, 5) is 37.5. The fourth-order valence-electron chi connectivity index (χ4n) is 3.92. The van der Waals surface area contributed by atoms with Crippen LogP contribution in [0.4, 0.5) is 5.69 Å². The predicted octanol–water partition coefficient (Wildman–Crippen LogP) is 3.80. The van der Waals surface area contributed by atoms with Gasteiger partial charge in [-0.2, -0.15) is 5.10 Å². The van der Waals surface area contributed by atoms with Gasteiger partial charge in [-0.25, -0.2) is 19.9 Å². The van der Waals surface area contributed by atoms with E-state index in [9.17, 15) is 4.79 Å². The van der Waals surface area contributed by atoms with E-state index in [-0.39, 0.29) is 5.91 Å². The van der Waals surface area contributed by atoms with Crippen molar-refractivity contribution in [3.63, 3.8) is 0 Å². The number of amides is 1. The van der Waals surface area contributed by atoms with Crippen LogP contribution in [0.5, 0.6) is 0 Å². The van der Waals surface area contributed by atoms with E-state index in [0.717, 1.165) is 33.2 Å². The summed E-state index contributed by atoms with van der Waals surface area (Å²) >= 11 is 0. The Bertz CT molecular complexity index is 1710. The van der Waals surface area contributed by atoms with Crippen LogP contribution in [0.3, 0.4) is 0 Å². The minimum Gasteiger partial charge on any atom is -0.336 e. The number of carbonyl (C=O) groups is 1. The summed E-state index contributed by atoms with van der Waals surface area (Å²) in [5.74, 6) is 1.24. The minimum absolute atomic E-state index is 0.0701. The molecule has 0 aromatic carbocycles. The van der Waals surface area contributed by atoms with Gasteiger partial charge in [-0.1, -0.05) is 6.92 Å². The highest BCUT2D eigenvalue weighted by molar-refractivity contribution is 5.95. The fourth-order valence-corrected chi connectivity index (χ4v) is 3.92. The van der Waals surface area contributed by atoms with E-state index >= 15 is 0 Å². The first-order chi connectivity index (χ1) is 17.1. The number of pyridine rings is 3. The molecule has 0 bridgehead atoms. The molecule has 3 N–H and O–H groups in total. The maximum atomic E-state index is 11.8. The van der Waals surface area contributed by atoms with Gasteiger partial charge in [0.25, 0.3) is 0 Å². The van der Waals surface area contributed by atoms with E-state index < -0.39 is 0 Å². The molecule has 172 valence electrons. The number of nitrogens with zero attached hydrogens (tertiary/aromatic N) is 7. The van der Waals surface area contributed by atoms with Crippen molar-refractivity contribution in [2.45, 2.75) is 20.3 Å². The molecule has 0 atom stereocenters. The summed E-state index contributed by atoms with van der Waals surface area (Å²) in [5, 5.41) is 11.1. The topological polar surface area (TPSA) is 143 Å². The maximum Gasteiger partial charge on any atom is 0.224 e. The van der Waals surface area contributed by atoms with Crippen molar-refractivity contribution in [2.24, 2.45) is 0 Å². The number of aromatic amines is 2. The van der Waals surface area contributed by atoms with Crippen LogP contribution in [0.1, 0.15) is 19.0 Å². The molecular formula is C24H20N10O. The highest BCUT2D eigenvalue weighted by atomic mass is 16.1. The van der Waals surface area contributed by atoms with Crippen LogP contribution < -0.4 is 5.32 Å². The average Bonchev–Trinajstić information content (AvgIpc) is 3.61. The van der Waals surface area contributed by atoms with E-state index in [1.165, 1.54) is 0 Å². The summed E-state index contributed by atoms with van der Waals surface area (Å²) in [6.45, 7) is 3.73. The molecule has 0 radical (unpaired) electrons. The zero-order valence-electron chi connectivity index (χ0n) is 18.9. The molecule has 0 aliphatic rings. The Morgan fingerprint density at radius 3 is 2.83 bits per heavy atom. The van der Waals surface area contributed by atoms with Crippen LogP contribution in [0.15, 0.2) is 55.5 Å². The second-order valence-corrected chi connectivity index (χ2v) is 8.10. The number of hydrogen-bond acceptors (Lipinski definition) is 7. The van der Waals surface area contributed by atoms with Gasteiger partial charge in [0, 0.05) is 42.3 Å². The number of H-pyrrole nitrogens is 2. The Kier molecular flexibility index (Phi) is 4.80. The maximum absolute atomic E-state index is 11.8. The smallest absolute Gasteiger partial charge is 0.224 e. The molecule has 0 aliphatic heterocycles. The van der Waals surface area contributed by atoms with Crippen molar-refractivity contribution in [3.8, 4) is 28.5 Å². The van der Waals surface area contributed by atoms with Crippen molar-refractivity contribution in [2.75, 3.05) is 5.32 Å². The molecular weight excluding hydrogens is 444 g/mol. The van der Waals surface area contributed by atoms with Gasteiger partial charge < -0.3 is 10.3 Å². The van der Waals surface area contributed by atoms with Gasteiger partial charge in [0.05, 0.1) is 28.5 Å². The van der Waals surface area contributed by atoms with Gasteiger partial charge in [-0.15, -0.1) is 0 Å². The highest BCUT2D eigenvalue weighted by Gasteiger charge is 2.17. The van der Waals surface area contributed by atoms with E-state index in [1.54, 1.807) is 38.0 Å². The second kappa shape index (κ2) is 8.13. The molecule has 6 heterocycles. The van der Waals surface area contributed by atoms with Crippen LogP contribution in [0, 0.1) is 6.92 Å². The lowest BCUT2D eigenvalue weighted by Gasteiger charge is -2.06. The molecule has 0 spiro atoms. The molecule has 0 fully saturated rings. The lowest BCUT2D eigenvalue weighted by atomic mass is 10.1. The van der Waals surface area contributed by atoms with Crippen LogP contribution in [0.2, 0.25) is 0 Å². The average molecular weight is 464 g/mol. The molecule has 35 heavy (non-hydrogen) atoms. The molecule has 11 heteroatoms. The number of fused-ring (bicyclic) bond motifs is 2. The summed E-state index contributed by atoms with van der Waals surface area (Å²) in [5.41, 5.74) is 6.03. The van der Waals surface area contributed by atoms with Crippen molar-refractivity contribution in [1.29, 1.82) is 0 Å². The Hall–Kier alpha value is -4.93. The first kappa shape index (κ1) is 20.7. The number of carbonyl (C=O) groups excluding carboxylic acids is 1. The summed E-state index contributed by atoms with van der Waals surface area (Å²) in [6.07, 6.45) is 10.8. The third-order valence-electron chi connectivity index (χ3n) is 5.66. The zero-order chi connectivity index (χ0) is 23.9. The summed E-state index contributed by atoms with van der Waals surface area (Å²) in [6, 6.07) is 5.73. The SMILES string of the molecule is CCC(=O)Nc1cncc(-c2cnc3n[nH]c(-c4nc5c(-n6cnc(C)c6)nccc5[nH]4)c3c2)c1. The summed E-state index contributed by atoms with van der Waals surface area (Å²) in [7, 11) is 0. The number of aromatic nitrogens is 9. The predicted molar refractivity (Wildman–Crippen MR) is 131 cm³/mol. The van der Waals surface area contributed by atoms with Gasteiger partial charge in [0.2, 0.25) is 5.91 Å². The second-order valence-electron chi connectivity index (χ2n) is 8.10. The molecule has 1 amide bonds. The third-order valence-corrected chi connectivity index (χ3v) is 5.66. The van der Waals surface area contributed by atoms with Gasteiger partial charge >= 0.3 is 0 Å². The Labute approximate surface area is 198 Å². The van der Waals surface area contributed by atoms with Crippen molar-refractivity contribution >= 4 is 33.7 Å². The number of rotatable bonds is 5. The Morgan fingerprint density at radius 1 is 1.11 bits per heavy atom. The largest absolute Gasteiger partial charge is 0.336 e. The highest BCUT2D eigenvalue weighted by Crippen LogP contribution is 2.30.